The second-order valence-corrected chi connectivity index (χ2v) is 6.38. The summed E-state index contributed by atoms with van der Waals surface area (Å²) in [7, 11) is 1.29. The molecule has 2 amide bonds. The quantitative estimate of drug-likeness (QED) is 0.639. The Morgan fingerprint density at radius 2 is 1.38 bits per heavy atom. The van der Waals surface area contributed by atoms with Crippen molar-refractivity contribution < 1.29 is 19.1 Å². The van der Waals surface area contributed by atoms with Crippen LogP contribution >= 0.6 is 0 Å². The molecular weight excluding hydrogens is 368 g/mol. The molecule has 6 heteroatoms. The molecule has 3 aromatic carbocycles. The van der Waals surface area contributed by atoms with E-state index in [2.05, 4.69) is 15.4 Å². The van der Waals surface area contributed by atoms with Gasteiger partial charge in [-0.1, -0.05) is 24.3 Å². The summed E-state index contributed by atoms with van der Waals surface area (Å²) < 4.78 is 4.68. The average Bonchev–Trinajstić information content (AvgIpc) is 2.75. The largest absolute Gasteiger partial charge is 0.465 e. The van der Waals surface area contributed by atoms with Gasteiger partial charge in [0.1, 0.15) is 0 Å². The molecule has 146 valence electrons. The zero-order chi connectivity index (χ0) is 20.8. The van der Waals surface area contributed by atoms with E-state index in [-0.39, 0.29) is 11.8 Å². The average molecular weight is 388 g/mol. The van der Waals surface area contributed by atoms with E-state index in [0.717, 1.165) is 5.56 Å². The number of carbonyl (C=O) groups excluding carboxylic acids is 3. The highest BCUT2D eigenvalue weighted by Crippen LogP contribution is 2.21. The maximum atomic E-state index is 12.5. The highest BCUT2D eigenvalue weighted by atomic mass is 16.5. The minimum Gasteiger partial charge on any atom is -0.465 e. The summed E-state index contributed by atoms with van der Waals surface area (Å²) >= 11 is 0. The van der Waals surface area contributed by atoms with Crippen molar-refractivity contribution in [3.63, 3.8) is 0 Å². The zero-order valence-corrected chi connectivity index (χ0v) is 16.1. The number of anilines is 2. The Morgan fingerprint density at radius 1 is 0.724 bits per heavy atom. The van der Waals surface area contributed by atoms with Crippen LogP contribution < -0.4 is 10.6 Å². The van der Waals surface area contributed by atoms with Gasteiger partial charge < -0.3 is 15.4 Å². The van der Waals surface area contributed by atoms with Crippen LogP contribution in [0.15, 0.2) is 72.8 Å². The smallest absolute Gasteiger partial charge is 0.337 e. The van der Waals surface area contributed by atoms with E-state index in [1.54, 1.807) is 60.7 Å². The monoisotopic (exact) mass is 388 g/mol. The van der Waals surface area contributed by atoms with Crippen LogP contribution in [0.5, 0.6) is 0 Å². The van der Waals surface area contributed by atoms with Crippen molar-refractivity contribution in [1.29, 1.82) is 0 Å². The highest BCUT2D eigenvalue weighted by Gasteiger charge is 2.12. The summed E-state index contributed by atoms with van der Waals surface area (Å²) in [6.45, 7) is 1.84. The predicted octanol–water partition coefficient (Wildman–Crippen LogP) is 4.29. The van der Waals surface area contributed by atoms with Gasteiger partial charge in [-0.05, 0) is 61.0 Å². The molecule has 0 aromatic heterocycles. The van der Waals surface area contributed by atoms with Gasteiger partial charge in [-0.25, -0.2) is 4.79 Å². The van der Waals surface area contributed by atoms with Crippen LogP contribution in [-0.4, -0.2) is 24.9 Å². The lowest BCUT2D eigenvalue weighted by atomic mass is 10.1. The lowest BCUT2D eigenvalue weighted by molar-refractivity contribution is 0.0600. The van der Waals surface area contributed by atoms with E-state index in [9.17, 15) is 14.4 Å². The molecule has 0 fully saturated rings. The van der Waals surface area contributed by atoms with Crippen LogP contribution in [0.2, 0.25) is 0 Å². The van der Waals surface area contributed by atoms with Gasteiger partial charge in [0.25, 0.3) is 11.8 Å². The van der Waals surface area contributed by atoms with Gasteiger partial charge in [-0.2, -0.15) is 0 Å². The van der Waals surface area contributed by atoms with Gasteiger partial charge in [-0.3, -0.25) is 9.59 Å². The number of esters is 1. The number of amides is 2. The molecule has 0 spiro atoms. The Bertz CT molecular complexity index is 1060. The van der Waals surface area contributed by atoms with Crippen molar-refractivity contribution in [3.05, 3.63) is 95.1 Å². The summed E-state index contributed by atoms with van der Waals surface area (Å²) in [5, 5.41) is 5.65. The number of ether oxygens (including phenoxy) is 1. The first-order valence-electron chi connectivity index (χ1n) is 8.94. The number of rotatable bonds is 5. The molecule has 0 unspecified atom stereocenters. The van der Waals surface area contributed by atoms with Crippen molar-refractivity contribution in [2.45, 2.75) is 6.92 Å². The summed E-state index contributed by atoms with van der Waals surface area (Å²) in [4.78, 5) is 36.4. The third kappa shape index (κ3) is 4.87. The topological polar surface area (TPSA) is 84.5 Å². The van der Waals surface area contributed by atoms with E-state index >= 15 is 0 Å². The first-order chi connectivity index (χ1) is 14.0. The molecule has 6 nitrogen and oxygen atoms in total. The number of hydrogen-bond donors (Lipinski definition) is 2. The Hall–Kier alpha value is -3.93. The molecular formula is C23H20N2O4. The van der Waals surface area contributed by atoms with Gasteiger partial charge in [0, 0.05) is 22.5 Å². The Kier molecular flexibility index (Phi) is 6.04. The lowest BCUT2D eigenvalue weighted by Gasteiger charge is -2.12. The van der Waals surface area contributed by atoms with Gasteiger partial charge in [0.2, 0.25) is 0 Å². The molecule has 0 saturated carbocycles. The molecule has 3 rings (SSSR count). The summed E-state index contributed by atoms with van der Waals surface area (Å²) in [6, 6.07) is 20.4. The minimum absolute atomic E-state index is 0.204. The second-order valence-electron chi connectivity index (χ2n) is 6.38. The van der Waals surface area contributed by atoms with Crippen molar-refractivity contribution >= 4 is 29.2 Å². The molecule has 0 radical (unpaired) electrons. The van der Waals surface area contributed by atoms with Crippen LogP contribution in [-0.2, 0) is 4.74 Å². The van der Waals surface area contributed by atoms with E-state index in [0.29, 0.717) is 28.1 Å². The molecule has 0 aliphatic rings. The fourth-order valence-electron chi connectivity index (χ4n) is 2.77. The van der Waals surface area contributed by atoms with Crippen molar-refractivity contribution in [3.8, 4) is 0 Å². The summed E-state index contributed by atoms with van der Waals surface area (Å²) in [5.41, 5.74) is 3.24. The van der Waals surface area contributed by atoms with Crippen molar-refractivity contribution in [2.24, 2.45) is 0 Å². The molecule has 0 aliphatic carbocycles. The maximum absolute atomic E-state index is 12.5. The zero-order valence-electron chi connectivity index (χ0n) is 16.1. The maximum Gasteiger partial charge on any atom is 0.337 e. The van der Waals surface area contributed by atoms with Crippen LogP contribution in [0.25, 0.3) is 0 Å². The van der Waals surface area contributed by atoms with Crippen LogP contribution in [0.3, 0.4) is 0 Å². The Balaban J connectivity index is 1.71. The lowest BCUT2D eigenvalue weighted by Crippen LogP contribution is -2.14. The molecule has 0 atom stereocenters. The fraction of sp³-hybridized carbons (Fsp3) is 0.0870. The number of hydrogen-bond acceptors (Lipinski definition) is 4. The first kappa shape index (κ1) is 19.8. The predicted molar refractivity (Wildman–Crippen MR) is 111 cm³/mol. The highest BCUT2D eigenvalue weighted by molar-refractivity contribution is 6.07. The third-order valence-electron chi connectivity index (χ3n) is 4.31. The molecule has 2 N–H and O–H groups in total. The second kappa shape index (κ2) is 8.84. The first-order valence-corrected chi connectivity index (χ1v) is 8.94. The molecule has 0 aliphatic heterocycles. The number of carbonyl (C=O) groups is 3. The number of benzene rings is 3. The standard InChI is InChI=1S/C23H20N2O4/c1-15-13-19(11-12-20(15)25-21(26)16-7-4-3-5-8-16)24-22(27)17-9-6-10-18(14-17)23(28)29-2/h3-14H,1-2H3,(H,24,27)(H,25,26). The van der Waals surface area contributed by atoms with Gasteiger partial charge in [-0.15, -0.1) is 0 Å². The van der Waals surface area contributed by atoms with Gasteiger partial charge >= 0.3 is 5.97 Å². The van der Waals surface area contributed by atoms with E-state index in [1.165, 1.54) is 13.2 Å². The third-order valence-corrected chi connectivity index (χ3v) is 4.31. The minimum atomic E-state index is -0.506. The number of aryl methyl sites for hydroxylation is 1. The van der Waals surface area contributed by atoms with E-state index in [1.807, 2.05) is 13.0 Å². The van der Waals surface area contributed by atoms with E-state index < -0.39 is 5.97 Å². The summed E-state index contributed by atoms with van der Waals surface area (Å²) in [5.74, 6) is -1.06. The SMILES string of the molecule is COC(=O)c1cccc(C(=O)Nc2ccc(NC(=O)c3ccccc3)c(C)c2)c1. The fourth-order valence-corrected chi connectivity index (χ4v) is 2.77. The molecule has 29 heavy (non-hydrogen) atoms. The molecule has 0 heterocycles. The van der Waals surface area contributed by atoms with E-state index in [4.69, 9.17) is 0 Å². The van der Waals surface area contributed by atoms with Crippen LogP contribution in [0.4, 0.5) is 11.4 Å². The van der Waals surface area contributed by atoms with Crippen molar-refractivity contribution in [2.75, 3.05) is 17.7 Å². The number of methoxy groups -OCH3 is 1. The Morgan fingerprint density at radius 3 is 2.07 bits per heavy atom. The van der Waals surface area contributed by atoms with Crippen LogP contribution in [0, 0.1) is 6.92 Å². The normalized spacial score (nSPS) is 10.1. The van der Waals surface area contributed by atoms with Gasteiger partial charge in [0.15, 0.2) is 0 Å². The van der Waals surface area contributed by atoms with Gasteiger partial charge in [0.05, 0.1) is 12.7 Å². The molecule has 3 aromatic rings. The molecule has 0 saturated heterocycles. The van der Waals surface area contributed by atoms with Crippen LogP contribution in [0.1, 0.15) is 36.6 Å². The summed E-state index contributed by atoms with van der Waals surface area (Å²) in [6.07, 6.45) is 0. The van der Waals surface area contributed by atoms with Crippen molar-refractivity contribution in [1.82, 2.24) is 0 Å². The molecule has 0 bridgehead atoms. The number of nitrogens with one attached hydrogen (secondary N) is 2. The Labute approximate surface area is 168 Å².